The number of aromatic carboxylic acids is 1. The number of hydrogen-bond acceptors (Lipinski definition) is 6. The van der Waals surface area contributed by atoms with Gasteiger partial charge in [-0.2, -0.15) is 0 Å². The Morgan fingerprint density at radius 3 is 2.74 bits per heavy atom. The lowest BCUT2D eigenvalue weighted by atomic mass is 10.0. The number of fused-ring (bicyclic) bond motifs is 3. The lowest BCUT2D eigenvalue weighted by Gasteiger charge is -2.08. The Bertz CT molecular complexity index is 944. The van der Waals surface area contributed by atoms with Crippen molar-refractivity contribution in [3.8, 4) is 17.1 Å². The van der Waals surface area contributed by atoms with Gasteiger partial charge in [0.15, 0.2) is 5.69 Å². The molecule has 10 heteroatoms. The Labute approximate surface area is 127 Å². The van der Waals surface area contributed by atoms with Crippen molar-refractivity contribution in [2.24, 2.45) is 0 Å². The normalized spacial score (nSPS) is 12.7. The molecule has 3 aromatic rings. The number of aromatic nitrogens is 5. The van der Waals surface area contributed by atoms with Gasteiger partial charge in [0.25, 0.3) is 0 Å². The molecule has 0 saturated carbocycles. The van der Waals surface area contributed by atoms with Gasteiger partial charge in [-0.25, -0.2) is 4.79 Å². The Kier molecular flexibility index (Phi) is 2.61. The minimum Gasteiger partial charge on any atom is -0.692 e. The molecule has 116 valence electrons. The second kappa shape index (κ2) is 4.53. The fourth-order valence-corrected chi connectivity index (χ4v) is 2.67. The number of benzene rings is 1. The fourth-order valence-electron chi connectivity index (χ4n) is 2.67. The molecule has 1 aliphatic rings. The maximum Gasteiger partial charge on any atom is 0.338 e. The van der Waals surface area contributed by atoms with Gasteiger partial charge in [0.1, 0.15) is 5.69 Å². The fraction of sp³-hybridized carbons (Fsp3) is 0.154. The summed E-state index contributed by atoms with van der Waals surface area (Å²) in [6.45, 7) is 0. The van der Waals surface area contributed by atoms with Crippen LogP contribution in [0.15, 0.2) is 28.9 Å². The third-order valence-corrected chi connectivity index (χ3v) is 3.74. The minimum absolute atomic E-state index is 0.0591. The first-order valence-corrected chi connectivity index (χ1v) is 6.71. The van der Waals surface area contributed by atoms with Gasteiger partial charge in [0, 0.05) is 12.8 Å². The Morgan fingerprint density at radius 1 is 1.22 bits per heavy atom. The molecule has 0 fully saturated rings. The average molecular weight is 315 g/mol. The molecule has 1 aromatic carbocycles. The number of para-hydroxylation sites is 1. The third-order valence-electron chi connectivity index (χ3n) is 3.74. The lowest BCUT2D eigenvalue weighted by molar-refractivity contribution is -0.808. The molecule has 0 radical (unpaired) electrons. The van der Waals surface area contributed by atoms with Crippen molar-refractivity contribution >= 4 is 5.97 Å². The molecule has 2 aromatic heterocycles. The van der Waals surface area contributed by atoms with Gasteiger partial charge in [-0.3, -0.25) is 4.63 Å². The molecule has 4 rings (SSSR count). The van der Waals surface area contributed by atoms with Crippen LogP contribution >= 0.6 is 0 Å². The van der Waals surface area contributed by atoms with Gasteiger partial charge < -0.3 is 15.5 Å². The average Bonchev–Trinajstić information content (AvgIpc) is 3.08. The van der Waals surface area contributed by atoms with Gasteiger partial charge in [-0.05, 0) is 21.8 Å². The van der Waals surface area contributed by atoms with Gasteiger partial charge in [-0.1, -0.05) is 12.1 Å². The van der Waals surface area contributed by atoms with E-state index in [1.807, 2.05) is 0 Å². The van der Waals surface area contributed by atoms with Crippen molar-refractivity contribution in [3.63, 3.8) is 0 Å². The molecule has 0 aliphatic heterocycles. The van der Waals surface area contributed by atoms with Crippen molar-refractivity contribution in [2.75, 3.05) is 0 Å². The molecule has 0 spiro atoms. The molecule has 1 aliphatic carbocycles. The zero-order valence-electron chi connectivity index (χ0n) is 11.5. The SMILES string of the molecule is O=C(O)c1ccccc1-n1nc2c([n+]1[O-])CCc1c-2no[n+]1[O-]. The van der Waals surface area contributed by atoms with E-state index in [4.69, 9.17) is 0 Å². The maximum atomic E-state index is 12.5. The number of nitrogens with zero attached hydrogens (tertiary/aromatic N) is 5. The molecule has 0 saturated heterocycles. The molecular formula is C13H9N5O5. The molecule has 2 heterocycles. The molecule has 0 amide bonds. The topological polar surface area (TPSA) is 135 Å². The highest BCUT2D eigenvalue weighted by Crippen LogP contribution is 2.27. The van der Waals surface area contributed by atoms with Gasteiger partial charge in [0.2, 0.25) is 5.69 Å². The van der Waals surface area contributed by atoms with E-state index in [9.17, 15) is 20.3 Å². The summed E-state index contributed by atoms with van der Waals surface area (Å²) < 4.78 is 4.55. The first-order chi connectivity index (χ1) is 11.1. The standard InChI is InChI=1S/C13H9N5O5/c19-13(20)7-3-1-2-4-8(7)16-14-11-9(17(16)21)5-6-10-12(11)15-23-18(10)22/h1-4H,5-6H2,(H,19,20). The Balaban J connectivity index is 1.95. The summed E-state index contributed by atoms with van der Waals surface area (Å²) in [6.07, 6.45) is 0.578. The molecule has 10 nitrogen and oxygen atoms in total. The summed E-state index contributed by atoms with van der Waals surface area (Å²) in [5.74, 6) is -1.17. The Hall–Kier alpha value is -3.43. The molecular weight excluding hydrogens is 306 g/mol. The third kappa shape index (κ3) is 1.78. The highest BCUT2D eigenvalue weighted by atomic mass is 16.8. The maximum absolute atomic E-state index is 12.5. The first-order valence-electron chi connectivity index (χ1n) is 6.71. The van der Waals surface area contributed by atoms with E-state index in [0.717, 1.165) is 4.80 Å². The predicted molar refractivity (Wildman–Crippen MR) is 71.3 cm³/mol. The van der Waals surface area contributed by atoms with Crippen LogP contribution in [0, 0.1) is 10.4 Å². The zero-order chi connectivity index (χ0) is 16.1. The molecule has 23 heavy (non-hydrogen) atoms. The van der Waals surface area contributed by atoms with Crippen LogP contribution in [0.4, 0.5) is 0 Å². The van der Waals surface area contributed by atoms with Gasteiger partial charge >= 0.3 is 17.4 Å². The predicted octanol–water partition coefficient (Wildman–Crippen LogP) is -0.409. The van der Waals surface area contributed by atoms with Crippen LogP contribution in [0.1, 0.15) is 21.7 Å². The number of hydrogen-bond donors (Lipinski definition) is 1. The van der Waals surface area contributed by atoms with Crippen LogP contribution < -0.4 is 9.75 Å². The molecule has 0 unspecified atom stereocenters. The summed E-state index contributed by atoms with van der Waals surface area (Å²) in [7, 11) is 0. The number of rotatable bonds is 2. The van der Waals surface area contributed by atoms with Crippen molar-refractivity contribution < 1.29 is 24.3 Å². The van der Waals surface area contributed by atoms with Crippen LogP contribution in [0.2, 0.25) is 0 Å². The van der Waals surface area contributed by atoms with Crippen LogP contribution in [-0.2, 0) is 12.8 Å². The Morgan fingerprint density at radius 2 is 1.96 bits per heavy atom. The molecule has 0 bridgehead atoms. The van der Waals surface area contributed by atoms with E-state index in [1.54, 1.807) is 12.1 Å². The van der Waals surface area contributed by atoms with Crippen LogP contribution in [0.25, 0.3) is 17.1 Å². The van der Waals surface area contributed by atoms with E-state index < -0.39 is 5.97 Å². The summed E-state index contributed by atoms with van der Waals surface area (Å²) >= 11 is 0. The summed E-state index contributed by atoms with van der Waals surface area (Å²) in [5.41, 5.74) is 1.11. The number of carboxylic acid groups (broad SMARTS) is 1. The smallest absolute Gasteiger partial charge is 0.338 e. The minimum atomic E-state index is -1.17. The molecule has 0 atom stereocenters. The largest absolute Gasteiger partial charge is 0.692 e. The van der Waals surface area contributed by atoms with E-state index in [2.05, 4.69) is 14.9 Å². The summed E-state index contributed by atoms with van der Waals surface area (Å²) in [6, 6.07) is 6.02. The van der Waals surface area contributed by atoms with Crippen LogP contribution in [-0.4, -0.2) is 26.1 Å². The number of carbonyl (C=O) groups is 1. The van der Waals surface area contributed by atoms with E-state index >= 15 is 0 Å². The van der Waals surface area contributed by atoms with Crippen molar-refractivity contribution in [2.45, 2.75) is 12.8 Å². The second-order valence-electron chi connectivity index (χ2n) is 5.01. The second-order valence-corrected chi connectivity index (χ2v) is 5.01. The van der Waals surface area contributed by atoms with Crippen LogP contribution in [0.3, 0.4) is 0 Å². The zero-order valence-corrected chi connectivity index (χ0v) is 11.5. The van der Waals surface area contributed by atoms with E-state index in [1.165, 1.54) is 12.1 Å². The highest BCUT2D eigenvalue weighted by Gasteiger charge is 2.39. The summed E-state index contributed by atoms with van der Waals surface area (Å²) in [4.78, 5) is 13.1. The van der Waals surface area contributed by atoms with Gasteiger partial charge in [-0.15, -0.1) is 4.85 Å². The monoisotopic (exact) mass is 315 g/mol. The highest BCUT2D eigenvalue weighted by molar-refractivity contribution is 5.91. The quantitative estimate of drug-likeness (QED) is 0.501. The van der Waals surface area contributed by atoms with Crippen molar-refractivity contribution in [1.82, 2.24) is 15.1 Å². The van der Waals surface area contributed by atoms with Crippen molar-refractivity contribution in [3.05, 3.63) is 51.6 Å². The van der Waals surface area contributed by atoms with Gasteiger partial charge in [0.05, 0.1) is 15.8 Å². The van der Waals surface area contributed by atoms with Crippen molar-refractivity contribution in [1.29, 1.82) is 0 Å². The lowest BCUT2D eigenvalue weighted by Crippen LogP contribution is -2.41. The van der Waals surface area contributed by atoms with E-state index in [0.29, 0.717) is 22.7 Å². The molecule has 1 N–H and O–H groups in total. The van der Waals surface area contributed by atoms with E-state index in [-0.39, 0.29) is 34.0 Å². The number of carboxylic acids is 1. The summed E-state index contributed by atoms with van der Waals surface area (Å²) in [5, 5.41) is 41.0. The first kappa shape index (κ1) is 13.2. The van der Waals surface area contributed by atoms with Crippen LogP contribution in [0.5, 0.6) is 0 Å².